The highest BCUT2D eigenvalue weighted by atomic mass is 16.5. The van der Waals surface area contributed by atoms with Crippen molar-refractivity contribution in [2.45, 2.75) is 69.9 Å². The number of H-pyrrole nitrogens is 1. The number of anilines is 4. The Morgan fingerprint density at radius 2 is 1.88 bits per heavy atom. The molecule has 1 amide bonds. The minimum atomic E-state index is 0.322. The maximum absolute atomic E-state index is 12.9. The van der Waals surface area contributed by atoms with E-state index in [0.29, 0.717) is 41.9 Å². The number of benzene rings is 1. The van der Waals surface area contributed by atoms with Gasteiger partial charge in [-0.15, -0.1) is 0 Å². The van der Waals surface area contributed by atoms with E-state index < -0.39 is 0 Å². The molecule has 6 rings (SSSR count). The van der Waals surface area contributed by atoms with Crippen LogP contribution < -0.4 is 20.3 Å². The Morgan fingerprint density at radius 1 is 1.07 bits per heavy atom. The first-order valence-electron chi connectivity index (χ1n) is 15.6. The normalized spacial score (nSPS) is 20.4. The molecule has 1 saturated carbocycles. The Labute approximate surface area is 248 Å². The number of ether oxygens (including phenoxy) is 1. The number of likely N-dealkylation sites (N-methyl/N-ethyl adjacent to an activating group) is 1. The first kappa shape index (κ1) is 28.5. The second kappa shape index (κ2) is 12.7. The molecule has 11 nitrogen and oxygen atoms in total. The minimum Gasteiger partial charge on any atom is -0.494 e. The van der Waals surface area contributed by atoms with Crippen LogP contribution in [0.2, 0.25) is 0 Å². The summed E-state index contributed by atoms with van der Waals surface area (Å²) in [6.45, 7) is 3.62. The van der Waals surface area contributed by atoms with Crippen molar-refractivity contribution in [3.63, 3.8) is 0 Å². The molecule has 0 bridgehead atoms. The molecular weight excluding hydrogens is 530 g/mol. The molecule has 1 aliphatic carbocycles. The number of rotatable bonds is 9. The van der Waals surface area contributed by atoms with Crippen molar-refractivity contribution in [1.29, 1.82) is 0 Å². The Kier molecular flexibility index (Phi) is 8.64. The predicted molar refractivity (Wildman–Crippen MR) is 167 cm³/mol. The zero-order valence-corrected chi connectivity index (χ0v) is 25.2. The summed E-state index contributed by atoms with van der Waals surface area (Å²) in [5.41, 5.74) is 3.39. The molecule has 3 fully saturated rings. The number of likely N-dealkylation sites (tertiary alicyclic amines) is 1. The van der Waals surface area contributed by atoms with E-state index in [1.54, 1.807) is 13.4 Å². The number of piperidine rings is 1. The highest BCUT2D eigenvalue weighted by molar-refractivity contribution is 5.84. The van der Waals surface area contributed by atoms with Gasteiger partial charge in [0.05, 0.1) is 19.1 Å². The maximum Gasteiger partial charge on any atom is 0.231 e. The van der Waals surface area contributed by atoms with Crippen LogP contribution in [0.25, 0.3) is 11.2 Å². The number of amides is 1. The number of nitrogens with one attached hydrogen (secondary N) is 3. The van der Waals surface area contributed by atoms with E-state index >= 15 is 0 Å². The topological polar surface area (TPSA) is 115 Å². The summed E-state index contributed by atoms with van der Waals surface area (Å²) in [6, 6.07) is 7.14. The van der Waals surface area contributed by atoms with Crippen LogP contribution in [-0.2, 0) is 4.79 Å². The molecule has 4 heterocycles. The average molecular weight is 576 g/mol. The number of aromatic nitrogens is 4. The molecule has 0 radical (unpaired) electrons. The van der Waals surface area contributed by atoms with Crippen LogP contribution in [0.4, 0.5) is 23.1 Å². The molecule has 3 aromatic rings. The van der Waals surface area contributed by atoms with Crippen LogP contribution in [0.5, 0.6) is 5.75 Å². The Bertz CT molecular complexity index is 1360. The van der Waals surface area contributed by atoms with Crippen LogP contribution in [0.1, 0.15) is 57.8 Å². The van der Waals surface area contributed by atoms with E-state index in [9.17, 15) is 4.79 Å². The quantitative estimate of drug-likeness (QED) is 0.336. The number of hydrogen-bond donors (Lipinski definition) is 3. The van der Waals surface area contributed by atoms with Gasteiger partial charge in [-0.1, -0.05) is 19.3 Å². The zero-order chi connectivity index (χ0) is 29.1. The smallest absolute Gasteiger partial charge is 0.231 e. The second-order valence-electron chi connectivity index (χ2n) is 12.4. The second-order valence-corrected chi connectivity index (χ2v) is 12.4. The highest BCUT2D eigenvalue weighted by Gasteiger charge is 2.30. The van der Waals surface area contributed by atoms with Crippen molar-refractivity contribution in [2.24, 2.45) is 5.92 Å². The van der Waals surface area contributed by atoms with Crippen LogP contribution >= 0.6 is 0 Å². The zero-order valence-electron chi connectivity index (χ0n) is 25.2. The number of aromatic amines is 1. The maximum atomic E-state index is 12.9. The van der Waals surface area contributed by atoms with Crippen LogP contribution in [-0.4, -0.2) is 95.1 Å². The molecule has 2 saturated heterocycles. The summed E-state index contributed by atoms with van der Waals surface area (Å²) < 4.78 is 5.79. The Balaban J connectivity index is 1.08. The molecule has 3 N–H and O–H groups in total. The van der Waals surface area contributed by atoms with Crippen LogP contribution in [0.15, 0.2) is 24.5 Å². The number of methoxy groups -OCH3 is 1. The molecule has 226 valence electrons. The van der Waals surface area contributed by atoms with Gasteiger partial charge in [-0.3, -0.25) is 4.79 Å². The minimum absolute atomic E-state index is 0.322. The van der Waals surface area contributed by atoms with Crippen molar-refractivity contribution in [3.8, 4) is 5.75 Å². The Hall–Kier alpha value is -3.60. The third kappa shape index (κ3) is 6.40. The Morgan fingerprint density at radius 3 is 2.62 bits per heavy atom. The van der Waals surface area contributed by atoms with Crippen molar-refractivity contribution >= 4 is 40.2 Å². The van der Waals surface area contributed by atoms with E-state index in [0.717, 1.165) is 86.7 Å². The van der Waals surface area contributed by atoms with Crippen molar-refractivity contribution in [1.82, 2.24) is 29.7 Å². The van der Waals surface area contributed by atoms with Crippen molar-refractivity contribution in [3.05, 3.63) is 24.5 Å². The molecule has 2 aliphatic heterocycles. The molecule has 1 unspecified atom stereocenters. The molecule has 0 spiro atoms. The lowest BCUT2D eigenvalue weighted by molar-refractivity contribution is -0.131. The molecule has 42 heavy (non-hydrogen) atoms. The monoisotopic (exact) mass is 575 g/mol. The van der Waals surface area contributed by atoms with Crippen molar-refractivity contribution < 1.29 is 9.53 Å². The fraction of sp³-hybridized carbons (Fsp3) is 0.613. The van der Waals surface area contributed by atoms with Crippen LogP contribution in [0, 0.1) is 5.92 Å². The van der Waals surface area contributed by atoms with Gasteiger partial charge in [-0.05, 0) is 64.3 Å². The average Bonchev–Trinajstić information content (AvgIpc) is 3.69. The lowest BCUT2D eigenvalue weighted by atomic mass is 9.92. The van der Waals surface area contributed by atoms with Gasteiger partial charge in [0.2, 0.25) is 11.9 Å². The largest absolute Gasteiger partial charge is 0.494 e. The lowest BCUT2D eigenvalue weighted by Crippen LogP contribution is -2.38. The summed E-state index contributed by atoms with van der Waals surface area (Å²) >= 11 is 0. The molecule has 2 aromatic heterocycles. The third-order valence-electron chi connectivity index (χ3n) is 9.35. The first-order valence-corrected chi connectivity index (χ1v) is 15.6. The van der Waals surface area contributed by atoms with E-state index in [4.69, 9.17) is 9.72 Å². The fourth-order valence-electron chi connectivity index (χ4n) is 6.70. The number of nitrogens with zero attached hydrogens (tertiary/aromatic N) is 6. The van der Waals surface area contributed by atoms with Crippen molar-refractivity contribution in [2.75, 3.05) is 62.9 Å². The van der Waals surface area contributed by atoms with Gasteiger partial charge in [0, 0.05) is 56.4 Å². The standard InChI is InChI=1S/C31H45N9O2/c1-38(2)24-13-16-40(19-24)27(41)17-21-11-14-39(15-12-21)23-9-10-25(26(18-23)42-3)35-31-36-29-28(32-20-33-29)30(37-31)34-22-7-5-4-6-8-22/h9-10,18,20-22,24H,4-8,11-17,19H2,1-3H3,(H3,32,33,34,35,36,37). The number of hydrogen-bond acceptors (Lipinski definition) is 9. The van der Waals surface area contributed by atoms with E-state index in [-0.39, 0.29) is 0 Å². The summed E-state index contributed by atoms with van der Waals surface area (Å²) in [6.07, 6.45) is 11.5. The van der Waals surface area contributed by atoms with Gasteiger partial charge in [-0.2, -0.15) is 9.97 Å². The van der Waals surface area contributed by atoms with Gasteiger partial charge in [0.15, 0.2) is 11.5 Å². The van der Waals surface area contributed by atoms with Gasteiger partial charge < -0.3 is 35.1 Å². The van der Waals surface area contributed by atoms with E-state index in [2.05, 4.69) is 66.5 Å². The van der Waals surface area contributed by atoms with Crippen LogP contribution in [0.3, 0.4) is 0 Å². The molecule has 11 heteroatoms. The lowest BCUT2D eigenvalue weighted by Gasteiger charge is -2.34. The summed E-state index contributed by atoms with van der Waals surface area (Å²) in [5, 5.41) is 7.00. The predicted octanol–water partition coefficient (Wildman–Crippen LogP) is 4.62. The van der Waals surface area contributed by atoms with Gasteiger partial charge in [0.25, 0.3) is 0 Å². The highest BCUT2D eigenvalue weighted by Crippen LogP contribution is 2.34. The van der Waals surface area contributed by atoms with Gasteiger partial charge in [-0.25, -0.2) is 4.98 Å². The molecule has 3 aliphatic rings. The molecule has 1 atom stereocenters. The molecular formula is C31H45N9O2. The van der Waals surface area contributed by atoms with E-state index in [1.807, 2.05) is 6.07 Å². The summed E-state index contributed by atoms with van der Waals surface area (Å²) in [7, 11) is 5.90. The number of fused-ring (bicyclic) bond motifs is 1. The van der Waals surface area contributed by atoms with Gasteiger partial charge >= 0.3 is 0 Å². The van der Waals surface area contributed by atoms with E-state index in [1.165, 1.54) is 19.3 Å². The SMILES string of the molecule is COc1cc(N2CCC(CC(=O)N3CCC(N(C)C)C3)CC2)ccc1Nc1nc(NC2CCCCC2)c2[nH]cnc2n1. The number of imidazole rings is 1. The third-order valence-corrected chi connectivity index (χ3v) is 9.35. The number of carbonyl (C=O) groups excluding carboxylic acids is 1. The summed E-state index contributed by atoms with van der Waals surface area (Å²) in [4.78, 5) is 36.7. The summed E-state index contributed by atoms with van der Waals surface area (Å²) in [5.74, 6) is 2.77. The first-order chi connectivity index (χ1) is 20.5. The molecule has 1 aromatic carbocycles. The number of carbonyl (C=O) groups is 1. The van der Waals surface area contributed by atoms with Gasteiger partial charge in [0.1, 0.15) is 11.3 Å². The fourth-order valence-corrected chi connectivity index (χ4v) is 6.70.